The molecule has 0 saturated carbocycles. The van der Waals surface area contributed by atoms with Crippen LogP contribution in [0.25, 0.3) is 11.0 Å². The molecule has 0 spiro atoms. The Morgan fingerprint density at radius 2 is 2.19 bits per heavy atom. The van der Waals surface area contributed by atoms with Crippen molar-refractivity contribution in [1.82, 2.24) is 19.7 Å². The number of aromatic nitrogens is 4. The molecule has 1 N–H and O–H groups in total. The number of nitrogens with zero attached hydrogens (tertiary/aromatic N) is 3. The molecule has 5 nitrogen and oxygen atoms in total. The lowest BCUT2D eigenvalue weighted by Gasteiger charge is -2.07. The Hall–Kier alpha value is -1.65. The number of hydrogen-bond acceptors (Lipinski definition) is 3. The van der Waals surface area contributed by atoms with E-state index >= 15 is 0 Å². The molecule has 2 aromatic heterocycles. The topological polar surface area (TPSA) is 63.6 Å². The Morgan fingerprint density at radius 1 is 1.31 bits per heavy atom. The number of nitrogens with one attached hydrogen (secondary N) is 1. The number of aromatic amines is 1. The van der Waals surface area contributed by atoms with Gasteiger partial charge in [-0.25, -0.2) is 4.98 Å². The summed E-state index contributed by atoms with van der Waals surface area (Å²) in [4.78, 5) is 16.7. The zero-order valence-electron chi connectivity index (χ0n) is 9.29. The maximum Gasteiger partial charge on any atom is 0.264 e. The van der Waals surface area contributed by atoms with E-state index in [0.29, 0.717) is 11.0 Å². The molecule has 0 bridgehead atoms. The minimum Gasteiger partial charge on any atom is -0.296 e. The van der Waals surface area contributed by atoms with E-state index in [1.807, 2.05) is 11.5 Å². The fourth-order valence-electron chi connectivity index (χ4n) is 2.34. The van der Waals surface area contributed by atoms with Crippen molar-refractivity contribution < 1.29 is 0 Å². The van der Waals surface area contributed by atoms with E-state index in [0.717, 1.165) is 37.3 Å². The van der Waals surface area contributed by atoms with Gasteiger partial charge in [0, 0.05) is 18.7 Å². The predicted octanol–water partition coefficient (Wildman–Crippen LogP) is 1.15. The summed E-state index contributed by atoms with van der Waals surface area (Å²) in [6.45, 7) is 2.66. The van der Waals surface area contributed by atoms with Crippen LogP contribution < -0.4 is 5.56 Å². The van der Waals surface area contributed by atoms with Gasteiger partial charge in [-0.1, -0.05) is 6.42 Å². The molecule has 0 amide bonds. The van der Waals surface area contributed by atoms with Gasteiger partial charge in [-0.15, -0.1) is 0 Å². The molecule has 16 heavy (non-hydrogen) atoms. The third kappa shape index (κ3) is 1.27. The molecule has 0 unspecified atom stereocenters. The number of rotatable bonds is 0. The first-order chi connectivity index (χ1) is 7.77. The normalized spacial score (nSPS) is 16.1. The van der Waals surface area contributed by atoms with Crippen LogP contribution in [-0.4, -0.2) is 19.7 Å². The van der Waals surface area contributed by atoms with Crippen molar-refractivity contribution in [2.24, 2.45) is 0 Å². The van der Waals surface area contributed by atoms with Gasteiger partial charge in [0.25, 0.3) is 5.56 Å². The summed E-state index contributed by atoms with van der Waals surface area (Å²) in [5.41, 5.74) is 1.44. The van der Waals surface area contributed by atoms with Crippen LogP contribution in [0.3, 0.4) is 0 Å². The van der Waals surface area contributed by atoms with Crippen molar-refractivity contribution in [2.75, 3.05) is 0 Å². The SMILES string of the molecule is Cc1[nH]nc2nc3n(c(=O)c12)CCCCC3. The van der Waals surface area contributed by atoms with Crippen LogP contribution >= 0.6 is 0 Å². The van der Waals surface area contributed by atoms with E-state index < -0.39 is 0 Å². The van der Waals surface area contributed by atoms with Gasteiger partial charge in [-0.2, -0.15) is 5.10 Å². The van der Waals surface area contributed by atoms with Crippen LogP contribution in [0.5, 0.6) is 0 Å². The third-order valence-electron chi connectivity index (χ3n) is 3.22. The van der Waals surface area contributed by atoms with Crippen LogP contribution in [-0.2, 0) is 13.0 Å². The minimum absolute atomic E-state index is 0.0631. The number of H-pyrrole nitrogens is 1. The van der Waals surface area contributed by atoms with Gasteiger partial charge in [-0.05, 0) is 19.8 Å². The lowest BCUT2D eigenvalue weighted by atomic mass is 10.2. The molecule has 0 saturated heterocycles. The van der Waals surface area contributed by atoms with Gasteiger partial charge in [-0.3, -0.25) is 14.5 Å². The van der Waals surface area contributed by atoms with Crippen LogP contribution in [0.4, 0.5) is 0 Å². The highest BCUT2D eigenvalue weighted by molar-refractivity contribution is 5.76. The summed E-state index contributed by atoms with van der Waals surface area (Å²) in [6, 6.07) is 0. The highest BCUT2D eigenvalue weighted by atomic mass is 16.1. The average molecular weight is 218 g/mol. The van der Waals surface area contributed by atoms with Gasteiger partial charge in [0.1, 0.15) is 11.2 Å². The Balaban J connectivity index is 2.36. The predicted molar refractivity (Wildman–Crippen MR) is 60.4 cm³/mol. The molecule has 2 aromatic rings. The molecule has 0 radical (unpaired) electrons. The molecular formula is C11H14N4O. The van der Waals surface area contributed by atoms with Crippen molar-refractivity contribution in [3.8, 4) is 0 Å². The van der Waals surface area contributed by atoms with Gasteiger partial charge in [0.05, 0.1) is 0 Å². The molecule has 0 atom stereocenters. The van der Waals surface area contributed by atoms with Gasteiger partial charge in [0.2, 0.25) is 0 Å². The zero-order chi connectivity index (χ0) is 11.1. The number of fused-ring (bicyclic) bond motifs is 2. The standard InChI is InChI=1S/C11H14N4O/c1-7-9-10(14-13-7)12-8-5-3-2-4-6-15(8)11(9)16/h2-6H2,1H3,(H,13,14). The second-order valence-electron chi connectivity index (χ2n) is 4.34. The summed E-state index contributed by atoms with van der Waals surface area (Å²) in [5, 5.41) is 7.54. The molecule has 3 rings (SSSR count). The van der Waals surface area contributed by atoms with Gasteiger partial charge in [0.15, 0.2) is 5.65 Å². The highest BCUT2D eigenvalue weighted by Crippen LogP contribution is 2.14. The maximum absolute atomic E-state index is 12.3. The van der Waals surface area contributed by atoms with Crippen LogP contribution in [0.1, 0.15) is 30.8 Å². The maximum atomic E-state index is 12.3. The fraction of sp³-hybridized carbons (Fsp3) is 0.545. The monoisotopic (exact) mass is 218 g/mol. The van der Waals surface area contributed by atoms with E-state index in [9.17, 15) is 4.79 Å². The van der Waals surface area contributed by atoms with Crippen molar-refractivity contribution in [3.05, 3.63) is 21.9 Å². The van der Waals surface area contributed by atoms with Crippen LogP contribution in [0.2, 0.25) is 0 Å². The Kier molecular flexibility index (Phi) is 2.05. The van der Waals surface area contributed by atoms with Crippen LogP contribution in [0.15, 0.2) is 4.79 Å². The quantitative estimate of drug-likeness (QED) is 0.721. The van der Waals surface area contributed by atoms with Crippen molar-refractivity contribution in [2.45, 2.75) is 39.2 Å². The molecular weight excluding hydrogens is 204 g/mol. The highest BCUT2D eigenvalue weighted by Gasteiger charge is 2.16. The first kappa shape index (κ1) is 9.57. The third-order valence-corrected chi connectivity index (χ3v) is 3.22. The van der Waals surface area contributed by atoms with E-state index in [1.165, 1.54) is 6.42 Å². The summed E-state index contributed by atoms with van der Waals surface area (Å²) in [5.74, 6) is 0.890. The summed E-state index contributed by atoms with van der Waals surface area (Å²) in [6.07, 6.45) is 4.24. The second kappa shape index (κ2) is 3.43. The molecule has 0 aliphatic carbocycles. The van der Waals surface area contributed by atoms with Crippen molar-refractivity contribution >= 4 is 11.0 Å². The molecule has 1 aliphatic heterocycles. The smallest absolute Gasteiger partial charge is 0.264 e. The summed E-state index contributed by atoms with van der Waals surface area (Å²) < 4.78 is 1.82. The molecule has 3 heterocycles. The lowest BCUT2D eigenvalue weighted by Crippen LogP contribution is -2.24. The molecule has 1 aliphatic rings. The fourth-order valence-corrected chi connectivity index (χ4v) is 2.34. The number of aryl methyl sites for hydroxylation is 2. The van der Waals surface area contributed by atoms with Crippen LogP contribution in [0, 0.1) is 6.92 Å². The summed E-state index contributed by atoms with van der Waals surface area (Å²) in [7, 11) is 0. The zero-order valence-corrected chi connectivity index (χ0v) is 9.29. The lowest BCUT2D eigenvalue weighted by molar-refractivity contribution is 0.614. The minimum atomic E-state index is 0.0631. The first-order valence-electron chi connectivity index (χ1n) is 5.72. The molecule has 84 valence electrons. The largest absolute Gasteiger partial charge is 0.296 e. The second-order valence-corrected chi connectivity index (χ2v) is 4.34. The van der Waals surface area contributed by atoms with E-state index in [4.69, 9.17) is 0 Å². The van der Waals surface area contributed by atoms with E-state index in [-0.39, 0.29) is 5.56 Å². The first-order valence-corrected chi connectivity index (χ1v) is 5.72. The molecule has 0 fully saturated rings. The van der Waals surface area contributed by atoms with Crippen molar-refractivity contribution in [1.29, 1.82) is 0 Å². The molecule has 0 aromatic carbocycles. The Labute approximate surface area is 92.5 Å². The molecule has 5 heteroatoms. The Morgan fingerprint density at radius 3 is 3.06 bits per heavy atom. The average Bonchev–Trinajstić information content (AvgIpc) is 2.51. The van der Waals surface area contributed by atoms with Gasteiger partial charge >= 0.3 is 0 Å². The van der Waals surface area contributed by atoms with E-state index in [2.05, 4.69) is 15.2 Å². The van der Waals surface area contributed by atoms with Gasteiger partial charge < -0.3 is 0 Å². The summed E-state index contributed by atoms with van der Waals surface area (Å²) >= 11 is 0. The number of hydrogen-bond donors (Lipinski definition) is 1. The van der Waals surface area contributed by atoms with Crippen molar-refractivity contribution in [3.63, 3.8) is 0 Å². The van der Waals surface area contributed by atoms with E-state index in [1.54, 1.807) is 0 Å². The Bertz CT molecular complexity index is 596.